The summed E-state index contributed by atoms with van der Waals surface area (Å²) >= 11 is 6.09. The number of aromatic nitrogens is 3. The van der Waals surface area contributed by atoms with Crippen LogP contribution in [0.3, 0.4) is 0 Å². The number of aryl methyl sites for hydroxylation is 1. The van der Waals surface area contributed by atoms with Gasteiger partial charge in [-0.1, -0.05) is 43.6 Å². The lowest BCUT2D eigenvalue weighted by molar-refractivity contribution is 0.310. The lowest BCUT2D eigenvalue weighted by Gasteiger charge is -2.30. The predicted octanol–water partition coefficient (Wildman–Crippen LogP) is 5.30. The van der Waals surface area contributed by atoms with Crippen molar-refractivity contribution in [3.8, 4) is 11.5 Å². The molecule has 0 bridgehead atoms. The molecule has 0 N–H and O–H groups in total. The first-order valence-corrected chi connectivity index (χ1v) is 9.42. The number of halogens is 1. The number of nitrogens with zero attached hydrogens (tertiary/aromatic N) is 3. The van der Waals surface area contributed by atoms with Gasteiger partial charge < -0.3 is 0 Å². The fourth-order valence-corrected chi connectivity index (χ4v) is 3.71. The number of rotatable bonds is 3. The smallest absolute Gasteiger partial charge is 0.178 e. The average Bonchev–Trinajstić information content (AvgIpc) is 2.60. The Morgan fingerprint density at radius 1 is 1.08 bits per heavy atom. The van der Waals surface area contributed by atoms with Crippen LogP contribution in [-0.4, -0.2) is 15.0 Å². The number of hydrogen-bond acceptors (Lipinski definition) is 3. The average molecular weight is 364 g/mol. The van der Waals surface area contributed by atoms with Crippen LogP contribution in [0.4, 0.5) is 0 Å². The van der Waals surface area contributed by atoms with Crippen LogP contribution < -0.4 is 0 Å². The topological polar surface area (TPSA) is 38.7 Å². The highest BCUT2D eigenvalue weighted by atomic mass is 35.5. The third-order valence-corrected chi connectivity index (χ3v) is 5.22. The molecule has 0 atom stereocenters. The van der Waals surface area contributed by atoms with Crippen molar-refractivity contribution in [2.24, 2.45) is 5.41 Å². The van der Waals surface area contributed by atoms with Gasteiger partial charge in [-0.2, -0.15) is 0 Å². The highest BCUT2D eigenvalue weighted by Crippen LogP contribution is 2.34. The van der Waals surface area contributed by atoms with E-state index in [1.807, 2.05) is 42.6 Å². The van der Waals surface area contributed by atoms with Crippen molar-refractivity contribution in [2.45, 2.75) is 39.5 Å². The van der Waals surface area contributed by atoms with Crippen LogP contribution in [0, 0.1) is 5.41 Å². The van der Waals surface area contributed by atoms with Gasteiger partial charge in [0, 0.05) is 29.0 Å². The zero-order chi connectivity index (χ0) is 18.1. The Kier molecular flexibility index (Phi) is 4.49. The number of hydrogen-bond donors (Lipinski definition) is 0. The molecule has 3 aromatic rings. The molecule has 0 aliphatic heterocycles. The van der Waals surface area contributed by atoms with Gasteiger partial charge in [0.05, 0.1) is 0 Å². The molecule has 1 aromatic carbocycles. The summed E-state index contributed by atoms with van der Waals surface area (Å²) in [5, 5.41) is 0.749. The maximum absolute atomic E-state index is 6.09. The molecular formula is C22H22ClN3. The van der Waals surface area contributed by atoms with E-state index < -0.39 is 0 Å². The van der Waals surface area contributed by atoms with Crippen molar-refractivity contribution in [1.29, 1.82) is 0 Å². The van der Waals surface area contributed by atoms with Gasteiger partial charge in [-0.15, -0.1) is 0 Å². The zero-order valence-corrected chi connectivity index (χ0v) is 15.9. The van der Waals surface area contributed by atoms with E-state index >= 15 is 0 Å². The molecule has 0 unspecified atom stereocenters. The second-order valence-electron chi connectivity index (χ2n) is 7.83. The summed E-state index contributed by atoms with van der Waals surface area (Å²) in [6.45, 7) is 4.61. The summed E-state index contributed by atoms with van der Waals surface area (Å²) < 4.78 is 0. The molecule has 3 nitrogen and oxygen atoms in total. The molecule has 0 fully saturated rings. The molecular weight excluding hydrogens is 342 g/mol. The van der Waals surface area contributed by atoms with Crippen LogP contribution >= 0.6 is 11.6 Å². The summed E-state index contributed by atoms with van der Waals surface area (Å²) in [6, 6.07) is 13.9. The first-order valence-electron chi connectivity index (χ1n) is 9.04. The Morgan fingerprint density at radius 3 is 2.77 bits per heavy atom. The van der Waals surface area contributed by atoms with Gasteiger partial charge in [-0.05, 0) is 60.1 Å². The summed E-state index contributed by atoms with van der Waals surface area (Å²) in [4.78, 5) is 14.2. The molecule has 132 valence electrons. The molecule has 2 aromatic heterocycles. The Labute approximate surface area is 159 Å². The summed E-state index contributed by atoms with van der Waals surface area (Å²) in [5.41, 5.74) is 5.73. The molecule has 4 heteroatoms. The van der Waals surface area contributed by atoms with E-state index in [-0.39, 0.29) is 0 Å². The Hall–Kier alpha value is -2.26. The van der Waals surface area contributed by atoms with Gasteiger partial charge in [0.2, 0.25) is 0 Å². The monoisotopic (exact) mass is 363 g/mol. The minimum atomic E-state index is 0.306. The van der Waals surface area contributed by atoms with Crippen molar-refractivity contribution >= 4 is 11.6 Å². The molecule has 4 rings (SSSR count). The van der Waals surface area contributed by atoms with Crippen LogP contribution in [0.1, 0.15) is 42.8 Å². The first-order chi connectivity index (χ1) is 12.5. The van der Waals surface area contributed by atoms with Crippen molar-refractivity contribution in [2.75, 3.05) is 0 Å². The van der Waals surface area contributed by atoms with Gasteiger partial charge in [-0.3, -0.25) is 0 Å². The van der Waals surface area contributed by atoms with E-state index in [4.69, 9.17) is 21.6 Å². The zero-order valence-electron chi connectivity index (χ0n) is 15.2. The molecule has 0 saturated heterocycles. The van der Waals surface area contributed by atoms with E-state index in [1.165, 1.54) is 17.7 Å². The predicted molar refractivity (Wildman–Crippen MR) is 105 cm³/mol. The van der Waals surface area contributed by atoms with Gasteiger partial charge >= 0.3 is 0 Å². The summed E-state index contributed by atoms with van der Waals surface area (Å²) in [7, 11) is 0. The standard InChI is InChI=1S/C22H22ClN3/c1-22(2)10-9-16-14-24-21(26-20(16)13-22)19-8-4-7-18(25-19)12-15-5-3-6-17(23)11-15/h3-8,11,14H,9-10,12-13H2,1-2H3. The van der Waals surface area contributed by atoms with Gasteiger partial charge in [0.1, 0.15) is 5.69 Å². The van der Waals surface area contributed by atoms with Crippen LogP contribution in [0.5, 0.6) is 0 Å². The second kappa shape index (κ2) is 6.81. The molecule has 0 amide bonds. The Balaban J connectivity index is 1.63. The van der Waals surface area contributed by atoms with Crippen molar-refractivity contribution in [3.05, 3.63) is 76.2 Å². The fourth-order valence-electron chi connectivity index (χ4n) is 3.50. The van der Waals surface area contributed by atoms with Crippen LogP contribution in [-0.2, 0) is 19.3 Å². The van der Waals surface area contributed by atoms with E-state index in [0.717, 1.165) is 47.1 Å². The van der Waals surface area contributed by atoms with Crippen LogP contribution in [0.25, 0.3) is 11.5 Å². The lowest BCUT2D eigenvalue weighted by atomic mass is 9.77. The second-order valence-corrected chi connectivity index (χ2v) is 8.26. The molecule has 1 aliphatic rings. The third kappa shape index (κ3) is 3.78. The SMILES string of the molecule is CC1(C)CCc2cnc(-c3cccc(Cc4cccc(Cl)c4)n3)nc2C1. The maximum atomic E-state index is 6.09. The maximum Gasteiger partial charge on any atom is 0.178 e. The van der Waals surface area contributed by atoms with Crippen molar-refractivity contribution in [1.82, 2.24) is 15.0 Å². The molecule has 1 aliphatic carbocycles. The normalized spacial score (nSPS) is 15.5. The number of benzene rings is 1. The van der Waals surface area contributed by atoms with E-state index in [9.17, 15) is 0 Å². The van der Waals surface area contributed by atoms with E-state index in [1.54, 1.807) is 0 Å². The summed E-state index contributed by atoms with van der Waals surface area (Å²) in [6.07, 6.45) is 5.98. The molecule has 2 heterocycles. The third-order valence-electron chi connectivity index (χ3n) is 4.98. The Bertz CT molecular complexity index is 950. The Morgan fingerprint density at radius 2 is 1.92 bits per heavy atom. The highest BCUT2D eigenvalue weighted by Gasteiger charge is 2.26. The fraction of sp³-hybridized carbons (Fsp3) is 0.318. The first kappa shape index (κ1) is 17.2. The van der Waals surface area contributed by atoms with E-state index in [2.05, 4.69) is 24.9 Å². The molecule has 26 heavy (non-hydrogen) atoms. The quantitative estimate of drug-likeness (QED) is 0.634. The molecule has 0 saturated carbocycles. The minimum absolute atomic E-state index is 0.306. The van der Waals surface area contributed by atoms with Crippen molar-refractivity contribution in [3.63, 3.8) is 0 Å². The van der Waals surface area contributed by atoms with Crippen LogP contribution in [0.2, 0.25) is 5.02 Å². The number of pyridine rings is 1. The van der Waals surface area contributed by atoms with Gasteiger partial charge in [0.25, 0.3) is 0 Å². The highest BCUT2D eigenvalue weighted by molar-refractivity contribution is 6.30. The van der Waals surface area contributed by atoms with Gasteiger partial charge in [-0.25, -0.2) is 15.0 Å². The minimum Gasteiger partial charge on any atom is -0.249 e. The molecule has 0 radical (unpaired) electrons. The lowest BCUT2D eigenvalue weighted by Crippen LogP contribution is -2.23. The molecule has 0 spiro atoms. The summed E-state index contributed by atoms with van der Waals surface area (Å²) in [5.74, 6) is 0.717. The number of fused-ring (bicyclic) bond motifs is 1. The van der Waals surface area contributed by atoms with Gasteiger partial charge in [0.15, 0.2) is 5.82 Å². The largest absolute Gasteiger partial charge is 0.249 e. The van der Waals surface area contributed by atoms with E-state index in [0.29, 0.717) is 5.41 Å². The van der Waals surface area contributed by atoms with Crippen LogP contribution in [0.15, 0.2) is 48.7 Å². The van der Waals surface area contributed by atoms with Crippen molar-refractivity contribution < 1.29 is 0 Å².